The van der Waals surface area contributed by atoms with Crippen LogP contribution in [0.1, 0.15) is 21.7 Å². The molecule has 0 unspecified atom stereocenters. The van der Waals surface area contributed by atoms with Crippen LogP contribution < -0.4 is 14.8 Å². The third-order valence-corrected chi connectivity index (χ3v) is 5.09. The first-order valence-electron chi connectivity index (χ1n) is 7.44. The number of ether oxygens (including phenoxy) is 2. The summed E-state index contributed by atoms with van der Waals surface area (Å²) in [6, 6.07) is 1.60. The van der Waals surface area contributed by atoms with Gasteiger partial charge in [0.25, 0.3) is 10.0 Å². The zero-order valence-electron chi connectivity index (χ0n) is 15.2. The van der Waals surface area contributed by atoms with Crippen LogP contribution in [0.5, 0.6) is 5.88 Å². The molecule has 2 N–H and O–H groups in total. The van der Waals surface area contributed by atoms with Crippen molar-refractivity contribution in [2.45, 2.75) is 18.9 Å². The summed E-state index contributed by atoms with van der Waals surface area (Å²) in [6.45, 7) is 3.21. The zero-order valence-corrected chi connectivity index (χ0v) is 16.9. The second kappa shape index (κ2) is 7.84. The van der Waals surface area contributed by atoms with E-state index in [0.29, 0.717) is 5.69 Å². The topological polar surface area (TPSA) is 137 Å². The fourth-order valence-corrected chi connectivity index (χ4v) is 3.98. The highest BCUT2D eigenvalue weighted by atomic mass is 32.2. The lowest BCUT2D eigenvalue weighted by atomic mass is 10.3. The molecule has 2 rings (SSSR count). The SMILES string of the molecule is COC(=O)c1c(C)nn(C)c1S(=O)(=O)NC(=S)Nc1nc(C)cc(OC)n1. The Kier molecular flexibility index (Phi) is 5.95. The molecule has 2 aromatic rings. The Morgan fingerprint density at radius 2 is 1.93 bits per heavy atom. The number of nitrogens with zero attached hydrogens (tertiary/aromatic N) is 4. The van der Waals surface area contributed by atoms with E-state index in [4.69, 9.17) is 17.0 Å². The molecule has 0 spiro atoms. The minimum atomic E-state index is -4.24. The van der Waals surface area contributed by atoms with Gasteiger partial charge in [0.05, 0.1) is 19.9 Å². The van der Waals surface area contributed by atoms with Crippen LogP contribution in [-0.4, -0.2) is 53.5 Å². The van der Waals surface area contributed by atoms with Gasteiger partial charge in [-0.15, -0.1) is 0 Å². The van der Waals surface area contributed by atoms with Crippen LogP contribution in [0, 0.1) is 13.8 Å². The molecule has 27 heavy (non-hydrogen) atoms. The molecular weight excluding hydrogens is 396 g/mol. The van der Waals surface area contributed by atoms with Crippen molar-refractivity contribution >= 4 is 39.3 Å². The molecule has 0 aliphatic rings. The van der Waals surface area contributed by atoms with E-state index in [0.717, 1.165) is 11.8 Å². The highest BCUT2D eigenvalue weighted by molar-refractivity contribution is 7.92. The van der Waals surface area contributed by atoms with Crippen LogP contribution in [0.2, 0.25) is 0 Å². The number of sulfonamides is 1. The number of rotatable bonds is 5. The number of aryl methyl sites for hydroxylation is 3. The number of aromatic nitrogens is 4. The van der Waals surface area contributed by atoms with Crippen LogP contribution in [0.25, 0.3) is 0 Å². The van der Waals surface area contributed by atoms with E-state index in [1.54, 1.807) is 13.0 Å². The van der Waals surface area contributed by atoms with E-state index in [1.165, 1.54) is 21.1 Å². The number of hydrogen-bond donors (Lipinski definition) is 2. The maximum absolute atomic E-state index is 12.7. The minimum absolute atomic E-state index is 0.0499. The number of thiocarbonyl (C=S) groups is 1. The summed E-state index contributed by atoms with van der Waals surface area (Å²) in [5.74, 6) is -0.494. The molecule has 11 nitrogen and oxygen atoms in total. The van der Waals surface area contributed by atoms with Gasteiger partial charge in [-0.1, -0.05) is 0 Å². The van der Waals surface area contributed by atoms with Crippen LogP contribution in [0.3, 0.4) is 0 Å². The molecule has 0 atom stereocenters. The van der Waals surface area contributed by atoms with Crippen LogP contribution in [-0.2, 0) is 21.8 Å². The molecule has 2 aromatic heterocycles. The second-order valence-corrected chi connectivity index (χ2v) is 7.32. The lowest BCUT2D eigenvalue weighted by Gasteiger charge is -2.12. The summed E-state index contributed by atoms with van der Waals surface area (Å²) in [5.41, 5.74) is 0.615. The quantitative estimate of drug-likeness (QED) is 0.519. The van der Waals surface area contributed by atoms with Gasteiger partial charge in [-0.3, -0.25) is 9.40 Å². The van der Waals surface area contributed by atoms with E-state index in [1.807, 2.05) is 0 Å². The van der Waals surface area contributed by atoms with Crippen LogP contribution >= 0.6 is 12.2 Å². The first-order chi connectivity index (χ1) is 12.6. The molecule has 13 heteroatoms. The molecule has 0 aromatic carbocycles. The standard InChI is InChI=1S/C14H18N6O5S2/c1-7-6-9(24-4)16-13(15-7)17-14(26)19-27(22,23)11-10(12(21)25-5)8(2)18-20(11)3/h6H,1-5H3,(H2,15,16,17,19,26). The van der Waals surface area contributed by atoms with Gasteiger partial charge in [-0.2, -0.15) is 18.5 Å². The summed E-state index contributed by atoms with van der Waals surface area (Å²) in [7, 11) is -0.272. The van der Waals surface area contributed by atoms with Crippen molar-refractivity contribution in [2.24, 2.45) is 7.05 Å². The summed E-state index contributed by atoms with van der Waals surface area (Å²) >= 11 is 5.03. The highest BCUT2D eigenvalue weighted by Gasteiger charge is 2.31. The Balaban J connectivity index is 2.31. The molecule has 0 radical (unpaired) electrons. The Morgan fingerprint density at radius 3 is 2.52 bits per heavy atom. The van der Waals surface area contributed by atoms with Gasteiger partial charge in [0.15, 0.2) is 10.1 Å². The number of nitrogens with one attached hydrogen (secondary N) is 2. The van der Waals surface area contributed by atoms with Crippen molar-refractivity contribution in [1.82, 2.24) is 24.5 Å². The normalized spacial score (nSPS) is 11.0. The predicted molar refractivity (Wildman–Crippen MR) is 99.1 cm³/mol. The van der Waals surface area contributed by atoms with Crippen molar-refractivity contribution in [3.05, 3.63) is 23.0 Å². The predicted octanol–water partition coefficient (Wildman–Crippen LogP) is 0.297. The Labute approximate surface area is 161 Å². The second-order valence-electron chi connectivity index (χ2n) is 5.32. The Morgan fingerprint density at radius 1 is 1.26 bits per heavy atom. The van der Waals surface area contributed by atoms with Gasteiger partial charge in [-0.25, -0.2) is 9.78 Å². The average molecular weight is 414 g/mol. The molecule has 0 fully saturated rings. The van der Waals surface area contributed by atoms with Gasteiger partial charge >= 0.3 is 5.97 Å². The lowest BCUT2D eigenvalue weighted by Crippen LogP contribution is -2.36. The molecule has 146 valence electrons. The van der Waals surface area contributed by atoms with Gasteiger partial charge in [0, 0.05) is 18.8 Å². The summed E-state index contributed by atoms with van der Waals surface area (Å²) in [5, 5.41) is 5.86. The van der Waals surface area contributed by atoms with Crippen molar-refractivity contribution < 1.29 is 22.7 Å². The highest BCUT2D eigenvalue weighted by Crippen LogP contribution is 2.20. The van der Waals surface area contributed by atoms with Crippen LogP contribution in [0.15, 0.2) is 11.1 Å². The molecule has 0 saturated heterocycles. The van der Waals surface area contributed by atoms with Gasteiger partial charge in [0.2, 0.25) is 11.8 Å². The average Bonchev–Trinajstić information content (AvgIpc) is 2.87. The first-order valence-corrected chi connectivity index (χ1v) is 9.33. The van der Waals surface area contributed by atoms with Crippen molar-refractivity contribution in [1.29, 1.82) is 0 Å². The fraction of sp³-hybridized carbons (Fsp3) is 0.357. The summed E-state index contributed by atoms with van der Waals surface area (Å²) < 4.78 is 38.3. The smallest absolute Gasteiger partial charge is 0.342 e. The van der Waals surface area contributed by atoms with E-state index in [2.05, 4.69) is 29.8 Å². The first kappa shape index (κ1) is 20.5. The van der Waals surface area contributed by atoms with E-state index < -0.39 is 16.0 Å². The van der Waals surface area contributed by atoms with E-state index >= 15 is 0 Å². The number of anilines is 1. The summed E-state index contributed by atoms with van der Waals surface area (Å²) in [6.07, 6.45) is 0. The Hall–Kier alpha value is -2.80. The fourth-order valence-electron chi connectivity index (χ4n) is 2.28. The van der Waals surface area contributed by atoms with E-state index in [-0.39, 0.29) is 33.2 Å². The van der Waals surface area contributed by atoms with E-state index in [9.17, 15) is 13.2 Å². The van der Waals surface area contributed by atoms with Gasteiger partial charge in [-0.05, 0) is 26.1 Å². The number of carbonyl (C=O) groups excluding carboxylic acids is 1. The molecule has 2 heterocycles. The number of carbonyl (C=O) groups is 1. The monoisotopic (exact) mass is 414 g/mol. The van der Waals surface area contributed by atoms with Crippen LogP contribution in [0.4, 0.5) is 5.95 Å². The molecule has 0 saturated carbocycles. The molecule has 0 aliphatic carbocycles. The minimum Gasteiger partial charge on any atom is -0.481 e. The summed E-state index contributed by atoms with van der Waals surface area (Å²) in [4.78, 5) is 20.1. The number of esters is 1. The Bertz CT molecular complexity index is 1000. The number of methoxy groups -OCH3 is 2. The van der Waals surface area contributed by atoms with Crippen molar-refractivity contribution in [3.8, 4) is 5.88 Å². The lowest BCUT2D eigenvalue weighted by molar-refractivity contribution is 0.0595. The molecule has 0 amide bonds. The molecule has 0 aliphatic heterocycles. The van der Waals surface area contributed by atoms with Gasteiger partial charge in [0.1, 0.15) is 5.56 Å². The third-order valence-electron chi connectivity index (χ3n) is 3.31. The third kappa shape index (κ3) is 4.49. The maximum atomic E-state index is 12.7. The van der Waals surface area contributed by atoms with Crippen molar-refractivity contribution in [3.63, 3.8) is 0 Å². The van der Waals surface area contributed by atoms with Crippen molar-refractivity contribution in [2.75, 3.05) is 19.5 Å². The molecule has 0 bridgehead atoms. The van der Waals surface area contributed by atoms with Gasteiger partial charge < -0.3 is 14.8 Å². The number of hydrogen-bond acceptors (Lipinski definition) is 9. The maximum Gasteiger partial charge on any atom is 0.342 e. The zero-order chi connectivity index (χ0) is 20.4. The molecular formula is C14H18N6O5S2. The largest absolute Gasteiger partial charge is 0.481 e.